The molecular weight excluding hydrogens is 244 g/mol. The molecule has 1 saturated carbocycles. The predicted octanol–water partition coefficient (Wildman–Crippen LogP) is 0.00220. The van der Waals surface area contributed by atoms with E-state index in [0.717, 1.165) is 38.9 Å². The van der Waals surface area contributed by atoms with Gasteiger partial charge >= 0.3 is 6.03 Å². The lowest BCUT2D eigenvalue weighted by atomic mass is 10.3. The number of piperazine rings is 1. The molecule has 0 aromatic carbocycles. The van der Waals surface area contributed by atoms with Crippen molar-refractivity contribution in [2.24, 2.45) is 0 Å². The standard InChI is InChI=1S/C13H24N4O2/c1-2-5-14-13(19)17-8-6-16(7-9-17)10-12(18)15-11-3-4-11/h11H,2-10H2,1H3,(H,14,19)(H,15,18). The number of amides is 3. The fourth-order valence-corrected chi connectivity index (χ4v) is 2.16. The minimum Gasteiger partial charge on any atom is -0.352 e. The van der Waals surface area contributed by atoms with Gasteiger partial charge in [0.2, 0.25) is 5.91 Å². The van der Waals surface area contributed by atoms with Crippen LogP contribution in [0.4, 0.5) is 4.79 Å². The Bertz CT molecular complexity index is 323. The van der Waals surface area contributed by atoms with Gasteiger partial charge in [0, 0.05) is 38.8 Å². The van der Waals surface area contributed by atoms with Crippen LogP contribution in [0.2, 0.25) is 0 Å². The Morgan fingerprint density at radius 3 is 2.42 bits per heavy atom. The number of nitrogens with zero attached hydrogens (tertiary/aromatic N) is 2. The van der Waals surface area contributed by atoms with Gasteiger partial charge in [-0.05, 0) is 19.3 Å². The zero-order chi connectivity index (χ0) is 13.7. The van der Waals surface area contributed by atoms with Crippen molar-refractivity contribution in [1.82, 2.24) is 20.4 Å². The van der Waals surface area contributed by atoms with Gasteiger partial charge < -0.3 is 15.5 Å². The first kappa shape index (κ1) is 14.1. The van der Waals surface area contributed by atoms with Crippen molar-refractivity contribution in [3.05, 3.63) is 0 Å². The molecule has 0 spiro atoms. The van der Waals surface area contributed by atoms with Crippen LogP contribution in [0.5, 0.6) is 0 Å². The maximum absolute atomic E-state index is 11.8. The van der Waals surface area contributed by atoms with Gasteiger partial charge in [0.1, 0.15) is 0 Å². The second-order valence-electron chi connectivity index (χ2n) is 5.34. The summed E-state index contributed by atoms with van der Waals surface area (Å²) in [6.45, 7) is 6.17. The van der Waals surface area contributed by atoms with Crippen molar-refractivity contribution in [3.8, 4) is 0 Å². The largest absolute Gasteiger partial charge is 0.352 e. The van der Waals surface area contributed by atoms with Crippen LogP contribution >= 0.6 is 0 Å². The summed E-state index contributed by atoms with van der Waals surface area (Å²) < 4.78 is 0. The summed E-state index contributed by atoms with van der Waals surface area (Å²) in [6, 6.07) is 0.442. The molecule has 0 aromatic rings. The molecule has 0 radical (unpaired) electrons. The third-order valence-electron chi connectivity index (χ3n) is 3.50. The van der Waals surface area contributed by atoms with Crippen LogP contribution < -0.4 is 10.6 Å². The van der Waals surface area contributed by atoms with Crippen LogP contribution in [0.3, 0.4) is 0 Å². The SMILES string of the molecule is CCCNC(=O)N1CCN(CC(=O)NC2CC2)CC1. The quantitative estimate of drug-likeness (QED) is 0.738. The summed E-state index contributed by atoms with van der Waals surface area (Å²) >= 11 is 0. The van der Waals surface area contributed by atoms with E-state index in [1.165, 1.54) is 0 Å². The molecule has 3 amide bonds. The Morgan fingerprint density at radius 1 is 1.16 bits per heavy atom. The molecule has 108 valence electrons. The average molecular weight is 268 g/mol. The summed E-state index contributed by atoms with van der Waals surface area (Å²) in [7, 11) is 0. The molecule has 2 N–H and O–H groups in total. The molecule has 6 heteroatoms. The van der Waals surface area contributed by atoms with Crippen molar-refractivity contribution in [1.29, 1.82) is 0 Å². The molecule has 6 nitrogen and oxygen atoms in total. The molecule has 0 atom stereocenters. The van der Waals surface area contributed by atoms with Crippen molar-refractivity contribution < 1.29 is 9.59 Å². The highest BCUT2D eigenvalue weighted by atomic mass is 16.2. The molecule has 0 aromatic heterocycles. The fraction of sp³-hybridized carbons (Fsp3) is 0.846. The lowest BCUT2D eigenvalue weighted by Gasteiger charge is -2.34. The summed E-state index contributed by atoms with van der Waals surface area (Å²) in [4.78, 5) is 27.4. The number of rotatable bonds is 5. The van der Waals surface area contributed by atoms with E-state index in [0.29, 0.717) is 25.7 Å². The highest BCUT2D eigenvalue weighted by Crippen LogP contribution is 2.18. The van der Waals surface area contributed by atoms with Crippen LogP contribution in [0, 0.1) is 0 Å². The van der Waals surface area contributed by atoms with E-state index < -0.39 is 0 Å². The summed E-state index contributed by atoms with van der Waals surface area (Å²) in [5.41, 5.74) is 0. The Hall–Kier alpha value is -1.30. The number of carbonyl (C=O) groups excluding carboxylic acids is 2. The Morgan fingerprint density at radius 2 is 1.84 bits per heavy atom. The van der Waals surface area contributed by atoms with Gasteiger partial charge in [0.25, 0.3) is 0 Å². The van der Waals surface area contributed by atoms with Gasteiger partial charge in [0.15, 0.2) is 0 Å². The second-order valence-corrected chi connectivity index (χ2v) is 5.34. The smallest absolute Gasteiger partial charge is 0.317 e. The Labute approximate surface area is 114 Å². The van der Waals surface area contributed by atoms with Crippen LogP contribution in [-0.2, 0) is 4.79 Å². The summed E-state index contributed by atoms with van der Waals surface area (Å²) in [5, 5.41) is 5.87. The summed E-state index contributed by atoms with van der Waals surface area (Å²) in [5.74, 6) is 0.117. The van der Waals surface area contributed by atoms with Gasteiger partial charge in [-0.2, -0.15) is 0 Å². The maximum Gasteiger partial charge on any atom is 0.317 e. The van der Waals surface area contributed by atoms with E-state index in [9.17, 15) is 9.59 Å². The molecule has 1 heterocycles. The number of nitrogens with one attached hydrogen (secondary N) is 2. The minimum absolute atomic E-state index is 0.0175. The van der Waals surface area contributed by atoms with Crippen LogP contribution in [0.1, 0.15) is 26.2 Å². The number of carbonyl (C=O) groups is 2. The monoisotopic (exact) mass is 268 g/mol. The van der Waals surface area contributed by atoms with Crippen molar-refractivity contribution in [2.75, 3.05) is 39.3 Å². The third kappa shape index (κ3) is 4.70. The molecule has 1 aliphatic heterocycles. The second kappa shape index (κ2) is 6.75. The van der Waals surface area contributed by atoms with Crippen molar-refractivity contribution in [2.45, 2.75) is 32.2 Å². The third-order valence-corrected chi connectivity index (χ3v) is 3.50. The van der Waals surface area contributed by atoms with Crippen LogP contribution in [0.25, 0.3) is 0 Å². The molecular formula is C13H24N4O2. The van der Waals surface area contributed by atoms with Crippen LogP contribution in [-0.4, -0.2) is 67.0 Å². The van der Waals surface area contributed by atoms with E-state index in [2.05, 4.69) is 15.5 Å². The zero-order valence-corrected chi connectivity index (χ0v) is 11.7. The van der Waals surface area contributed by atoms with Gasteiger partial charge in [-0.15, -0.1) is 0 Å². The molecule has 2 aliphatic rings. The number of hydrogen-bond donors (Lipinski definition) is 2. The van der Waals surface area contributed by atoms with Gasteiger partial charge in [0.05, 0.1) is 6.54 Å². The first-order valence-electron chi connectivity index (χ1n) is 7.23. The molecule has 19 heavy (non-hydrogen) atoms. The van der Waals surface area contributed by atoms with E-state index >= 15 is 0 Å². The fourth-order valence-electron chi connectivity index (χ4n) is 2.16. The highest BCUT2D eigenvalue weighted by Gasteiger charge is 2.26. The molecule has 1 aliphatic carbocycles. The highest BCUT2D eigenvalue weighted by molar-refractivity contribution is 5.78. The first-order valence-corrected chi connectivity index (χ1v) is 7.23. The van der Waals surface area contributed by atoms with E-state index in [1.807, 2.05) is 11.8 Å². The lowest BCUT2D eigenvalue weighted by molar-refractivity contribution is -0.122. The molecule has 0 unspecified atom stereocenters. The first-order chi connectivity index (χ1) is 9.19. The predicted molar refractivity (Wildman–Crippen MR) is 72.9 cm³/mol. The Kier molecular flexibility index (Phi) is 5.01. The number of urea groups is 1. The topological polar surface area (TPSA) is 64.7 Å². The number of hydrogen-bond acceptors (Lipinski definition) is 3. The van der Waals surface area contributed by atoms with Gasteiger partial charge in [-0.25, -0.2) is 4.79 Å². The lowest BCUT2D eigenvalue weighted by Crippen LogP contribution is -2.53. The zero-order valence-electron chi connectivity index (χ0n) is 11.7. The summed E-state index contributed by atoms with van der Waals surface area (Å²) in [6.07, 6.45) is 3.20. The molecule has 2 rings (SSSR count). The van der Waals surface area contributed by atoms with Crippen molar-refractivity contribution >= 4 is 11.9 Å². The van der Waals surface area contributed by atoms with E-state index in [4.69, 9.17) is 0 Å². The van der Waals surface area contributed by atoms with E-state index in [-0.39, 0.29) is 11.9 Å². The Balaban J connectivity index is 1.63. The minimum atomic E-state index is 0.0175. The molecule has 0 bridgehead atoms. The molecule has 2 fully saturated rings. The average Bonchev–Trinajstić information content (AvgIpc) is 3.20. The maximum atomic E-state index is 11.8. The van der Waals surface area contributed by atoms with Crippen LogP contribution in [0.15, 0.2) is 0 Å². The van der Waals surface area contributed by atoms with E-state index in [1.54, 1.807) is 0 Å². The normalized spacial score (nSPS) is 20.2. The van der Waals surface area contributed by atoms with Gasteiger partial charge in [-0.3, -0.25) is 9.69 Å². The van der Waals surface area contributed by atoms with Gasteiger partial charge in [-0.1, -0.05) is 6.92 Å². The molecule has 1 saturated heterocycles. The van der Waals surface area contributed by atoms with Crippen molar-refractivity contribution in [3.63, 3.8) is 0 Å².